The normalized spacial score (nSPS) is 14.5. The van der Waals surface area contributed by atoms with Crippen molar-refractivity contribution in [3.05, 3.63) is 24.3 Å². The Bertz CT molecular complexity index is 720. The quantitative estimate of drug-likeness (QED) is 0.755. The zero-order chi connectivity index (χ0) is 20.7. The molecule has 0 radical (unpaired) electrons. The largest absolute Gasteiger partial charge is 0.378 e. The lowest BCUT2D eigenvalue weighted by Gasteiger charge is -2.30. The lowest BCUT2D eigenvalue weighted by molar-refractivity contribution is -0.134. The van der Waals surface area contributed by atoms with Crippen molar-refractivity contribution in [2.24, 2.45) is 0 Å². The third-order valence-electron chi connectivity index (χ3n) is 4.83. The minimum atomic E-state index is -0.886. The van der Waals surface area contributed by atoms with Crippen LogP contribution in [0.4, 0.5) is 11.4 Å². The van der Waals surface area contributed by atoms with Gasteiger partial charge in [-0.1, -0.05) is 0 Å². The fourth-order valence-electron chi connectivity index (χ4n) is 2.80. The third kappa shape index (κ3) is 5.94. The van der Waals surface area contributed by atoms with Gasteiger partial charge in [0.15, 0.2) is 0 Å². The Kier molecular flexibility index (Phi) is 7.38. The van der Waals surface area contributed by atoms with Gasteiger partial charge in [0.2, 0.25) is 11.8 Å². The van der Waals surface area contributed by atoms with Gasteiger partial charge < -0.3 is 19.9 Å². The van der Waals surface area contributed by atoms with Crippen LogP contribution in [0.3, 0.4) is 0 Å². The fraction of sp³-hybridized carbons (Fsp3) is 0.550. The number of hydrogen-bond donors (Lipinski definition) is 1. The minimum absolute atomic E-state index is 0.0605. The molecule has 1 fully saturated rings. The zero-order valence-corrected chi connectivity index (χ0v) is 17.1. The van der Waals surface area contributed by atoms with Crippen LogP contribution in [0.5, 0.6) is 0 Å². The van der Waals surface area contributed by atoms with Crippen molar-refractivity contribution < 1.29 is 14.3 Å². The monoisotopic (exact) mass is 387 g/mol. The highest BCUT2D eigenvalue weighted by molar-refractivity contribution is 5.92. The van der Waals surface area contributed by atoms with Crippen molar-refractivity contribution >= 4 is 23.2 Å². The SMILES string of the molecule is CN(CC(=O)Nc1ccc(N2CCOCC2)cc1)CC(=O)N(C)C(C)(C)C#N. The Morgan fingerprint density at radius 3 is 2.36 bits per heavy atom. The molecule has 2 amide bonds. The van der Waals surface area contributed by atoms with Crippen molar-refractivity contribution in [2.45, 2.75) is 19.4 Å². The van der Waals surface area contributed by atoms with Crippen LogP contribution in [0.25, 0.3) is 0 Å². The van der Waals surface area contributed by atoms with Gasteiger partial charge in [-0.2, -0.15) is 5.26 Å². The van der Waals surface area contributed by atoms with Crippen molar-refractivity contribution in [1.29, 1.82) is 5.26 Å². The average molecular weight is 387 g/mol. The molecule has 0 bridgehead atoms. The molecule has 1 aromatic rings. The van der Waals surface area contributed by atoms with Gasteiger partial charge >= 0.3 is 0 Å². The smallest absolute Gasteiger partial charge is 0.238 e. The number of likely N-dealkylation sites (N-methyl/N-ethyl adjacent to an activating group) is 2. The Labute approximate surface area is 166 Å². The molecule has 1 aliphatic heterocycles. The number of nitriles is 1. The Balaban J connectivity index is 1.82. The topological polar surface area (TPSA) is 88.9 Å². The van der Waals surface area contributed by atoms with E-state index in [1.165, 1.54) is 4.90 Å². The molecule has 8 heteroatoms. The molecule has 1 heterocycles. The van der Waals surface area contributed by atoms with E-state index in [1.54, 1.807) is 32.8 Å². The van der Waals surface area contributed by atoms with Crippen molar-refractivity contribution in [1.82, 2.24) is 9.80 Å². The molecule has 0 saturated carbocycles. The van der Waals surface area contributed by atoms with Gasteiger partial charge in [0.1, 0.15) is 5.54 Å². The van der Waals surface area contributed by atoms with Crippen LogP contribution in [-0.4, -0.2) is 80.6 Å². The summed E-state index contributed by atoms with van der Waals surface area (Å²) < 4.78 is 5.36. The van der Waals surface area contributed by atoms with Crippen LogP contribution >= 0.6 is 0 Å². The molecular weight excluding hydrogens is 358 g/mol. The van der Waals surface area contributed by atoms with Crippen LogP contribution < -0.4 is 10.2 Å². The summed E-state index contributed by atoms with van der Waals surface area (Å²) in [5, 5.41) is 12.0. The molecule has 1 aromatic carbocycles. The Morgan fingerprint density at radius 2 is 1.79 bits per heavy atom. The molecule has 0 unspecified atom stereocenters. The summed E-state index contributed by atoms with van der Waals surface area (Å²) in [5.74, 6) is -0.409. The maximum atomic E-state index is 12.3. The van der Waals surface area contributed by atoms with Crippen LogP contribution in [0.15, 0.2) is 24.3 Å². The number of rotatable bonds is 7. The first-order valence-corrected chi connectivity index (χ1v) is 9.32. The summed E-state index contributed by atoms with van der Waals surface area (Å²) in [6.07, 6.45) is 0. The molecule has 1 aliphatic rings. The lowest BCUT2D eigenvalue weighted by Crippen LogP contribution is -2.48. The van der Waals surface area contributed by atoms with Gasteiger partial charge in [-0.05, 0) is 45.2 Å². The number of carbonyl (C=O) groups excluding carboxylic acids is 2. The number of amides is 2. The van der Waals surface area contributed by atoms with E-state index < -0.39 is 5.54 Å². The number of ether oxygens (including phenoxy) is 1. The second kappa shape index (κ2) is 9.53. The number of carbonyl (C=O) groups is 2. The van der Waals surface area contributed by atoms with E-state index in [4.69, 9.17) is 10.00 Å². The number of benzene rings is 1. The van der Waals surface area contributed by atoms with E-state index >= 15 is 0 Å². The van der Waals surface area contributed by atoms with E-state index in [2.05, 4.69) is 16.3 Å². The highest BCUT2D eigenvalue weighted by Gasteiger charge is 2.27. The second-order valence-corrected chi connectivity index (χ2v) is 7.49. The summed E-state index contributed by atoms with van der Waals surface area (Å²) >= 11 is 0. The zero-order valence-electron chi connectivity index (χ0n) is 17.1. The first-order valence-electron chi connectivity index (χ1n) is 9.32. The predicted molar refractivity (Wildman–Crippen MR) is 108 cm³/mol. The number of hydrogen-bond acceptors (Lipinski definition) is 6. The van der Waals surface area contributed by atoms with Crippen LogP contribution in [0.2, 0.25) is 0 Å². The molecule has 0 aliphatic carbocycles. The summed E-state index contributed by atoms with van der Waals surface area (Å²) in [6.45, 7) is 6.68. The van der Waals surface area contributed by atoms with Gasteiger partial charge in [0.25, 0.3) is 0 Å². The van der Waals surface area contributed by atoms with E-state index in [0.717, 1.165) is 32.0 Å². The first kappa shape index (κ1) is 21.7. The minimum Gasteiger partial charge on any atom is -0.378 e. The van der Waals surface area contributed by atoms with Gasteiger partial charge in [0, 0.05) is 31.5 Å². The van der Waals surface area contributed by atoms with E-state index in [-0.39, 0.29) is 24.9 Å². The van der Waals surface area contributed by atoms with Crippen molar-refractivity contribution in [3.8, 4) is 6.07 Å². The summed E-state index contributed by atoms with van der Waals surface area (Å²) in [5.41, 5.74) is 0.930. The summed E-state index contributed by atoms with van der Waals surface area (Å²) in [6, 6.07) is 9.80. The highest BCUT2D eigenvalue weighted by atomic mass is 16.5. The van der Waals surface area contributed by atoms with E-state index in [1.807, 2.05) is 24.3 Å². The third-order valence-corrected chi connectivity index (χ3v) is 4.83. The highest BCUT2D eigenvalue weighted by Crippen LogP contribution is 2.19. The molecule has 1 saturated heterocycles. The van der Waals surface area contributed by atoms with E-state index in [9.17, 15) is 9.59 Å². The Hall–Kier alpha value is -2.63. The lowest BCUT2D eigenvalue weighted by atomic mass is 10.1. The number of morpholine rings is 1. The van der Waals surface area contributed by atoms with Gasteiger partial charge in [0.05, 0.1) is 32.4 Å². The maximum Gasteiger partial charge on any atom is 0.238 e. The molecular formula is C20H29N5O3. The molecule has 28 heavy (non-hydrogen) atoms. The summed E-state index contributed by atoms with van der Waals surface area (Å²) in [4.78, 5) is 29.8. The molecule has 8 nitrogen and oxygen atoms in total. The molecule has 0 spiro atoms. The predicted octanol–water partition coefficient (Wildman–Crippen LogP) is 1.15. The first-order chi connectivity index (χ1) is 13.2. The van der Waals surface area contributed by atoms with Gasteiger partial charge in [-0.15, -0.1) is 0 Å². The van der Waals surface area contributed by atoms with Gasteiger partial charge in [-0.3, -0.25) is 14.5 Å². The average Bonchev–Trinajstić information content (AvgIpc) is 2.68. The van der Waals surface area contributed by atoms with Crippen LogP contribution in [0.1, 0.15) is 13.8 Å². The number of nitrogens with one attached hydrogen (secondary N) is 1. The molecule has 0 aromatic heterocycles. The number of nitrogens with zero attached hydrogens (tertiary/aromatic N) is 4. The maximum absolute atomic E-state index is 12.3. The van der Waals surface area contributed by atoms with Crippen LogP contribution in [-0.2, 0) is 14.3 Å². The molecule has 152 valence electrons. The molecule has 0 atom stereocenters. The summed E-state index contributed by atoms with van der Waals surface area (Å²) in [7, 11) is 3.29. The number of anilines is 2. The standard InChI is InChI=1S/C20H29N5O3/c1-20(2,15-21)24(4)19(27)14-23(3)13-18(26)22-16-5-7-17(8-6-16)25-9-11-28-12-10-25/h5-8H,9-14H2,1-4H3,(H,22,26). The van der Waals surface area contributed by atoms with Gasteiger partial charge in [-0.25, -0.2) is 0 Å². The molecule has 1 N–H and O–H groups in total. The van der Waals surface area contributed by atoms with Crippen LogP contribution in [0, 0.1) is 11.3 Å². The van der Waals surface area contributed by atoms with Crippen molar-refractivity contribution in [3.63, 3.8) is 0 Å². The fourth-order valence-corrected chi connectivity index (χ4v) is 2.80. The second-order valence-electron chi connectivity index (χ2n) is 7.49. The molecule has 2 rings (SSSR count). The Morgan fingerprint density at radius 1 is 1.18 bits per heavy atom. The van der Waals surface area contributed by atoms with Crippen molar-refractivity contribution in [2.75, 3.05) is 63.7 Å². The van der Waals surface area contributed by atoms with E-state index in [0.29, 0.717) is 5.69 Å².